The van der Waals surface area contributed by atoms with Gasteiger partial charge in [-0.25, -0.2) is 5.01 Å². The fourth-order valence-corrected chi connectivity index (χ4v) is 4.80. The van der Waals surface area contributed by atoms with Gasteiger partial charge in [-0.2, -0.15) is 5.10 Å². The van der Waals surface area contributed by atoms with E-state index in [1.54, 1.807) is 0 Å². The molecule has 3 aliphatic rings. The lowest BCUT2D eigenvalue weighted by atomic mass is 9.86. The van der Waals surface area contributed by atoms with E-state index in [1.165, 1.54) is 43.2 Å². The van der Waals surface area contributed by atoms with Crippen LogP contribution in [-0.4, -0.2) is 16.9 Å². The molecule has 0 bridgehead atoms. The van der Waals surface area contributed by atoms with Gasteiger partial charge in [-0.1, -0.05) is 61.2 Å². The summed E-state index contributed by atoms with van der Waals surface area (Å²) in [6.45, 7) is 0. The second kappa shape index (κ2) is 6.62. The van der Waals surface area contributed by atoms with Crippen LogP contribution >= 0.6 is 11.6 Å². The number of nitrogens with zero attached hydrogens (tertiary/aromatic N) is 2. The fourth-order valence-electron chi connectivity index (χ4n) is 4.62. The molecule has 26 heavy (non-hydrogen) atoms. The van der Waals surface area contributed by atoms with Crippen molar-refractivity contribution in [2.45, 2.75) is 50.8 Å². The molecule has 4 heteroatoms. The Kier molecular flexibility index (Phi) is 4.12. The predicted octanol–water partition coefficient (Wildman–Crippen LogP) is 5.79. The Morgan fingerprint density at radius 1 is 1.00 bits per heavy atom. The molecule has 0 amide bonds. The second-order valence-electron chi connectivity index (χ2n) is 7.60. The van der Waals surface area contributed by atoms with Gasteiger partial charge in [0, 0.05) is 22.9 Å². The fraction of sp³-hybridized carbons (Fsp3) is 0.409. The Labute approximate surface area is 159 Å². The Balaban J connectivity index is 1.54. The first-order valence-corrected chi connectivity index (χ1v) is 10.0. The van der Waals surface area contributed by atoms with Gasteiger partial charge in [0.1, 0.15) is 5.75 Å². The maximum absolute atomic E-state index is 6.48. The Hall–Kier alpha value is -2.00. The molecule has 2 atom stereocenters. The lowest BCUT2D eigenvalue weighted by Gasteiger charge is -2.42. The van der Waals surface area contributed by atoms with Crippen molar-refractivity contribution in [2.24, 2.45) is 11.0 Å². The van der Waals surface area contributed by atoms with Crippen LogP contribution < -0.4 is 4.74 Å². The maximum atomic E-state index is 6.48. The van der Waals surface area contributed by atoms with Crippen LogP contribution in [0.2, 0.25) is 5.02 Å². The molecule has 2 aromatic carbocycles. The molecular formula is C22H23ClN2O. The minimum atomic E-state index is 0.0372. The molecule has 1 fully saturated rings. The standard InChI is InChI=1S/C22H23ClN2O/c23-17-11-12-21-18(13-17)20-14-19(15-7-3-1-4-8-15)24-25(20)22(26-21)16-9-5-2-6-10-16/h1,3-4,7-8,11-13,16,20,22H,2,5-6,9-10,14H2/t20-,22+/m0/s1. The number of benzene rings is 2. The summed E-state index contributed by atoms with van der Waals surface area (Å²) in [7, 11) is 0. The zero-order valence-corrected chi connectivity index (χ0v) is 15.5. The molecule has 0 radical (unpaired) electrons. The van der Waals surface area contributed by atoms with Crippen LogP contribution in [0.15, 0.2) is 53.6 Å². The van der Waals surface area contributed by atoms with Crippen molar-refractivity contribution < 1.29 is 4.74 Å². The number of ether oxygens (including phenoxy) is 1. The summed E-state index contributed by atoms with van der Waals surface area (Å²) in [6.07, 6.45) is 7.34. The largest absolute Gasteiger partial charge is 0.468 e. The van der Waals surface area contributed by atoms with Gasteiger partial charge in [-0.3, -0.25) is 0 Å². The molecule has 3 nitrogen and oxygen atoms in total. The monoisotopic (exact) mass is 366 g/mol. The van der Waals surface area contributed by atoms with Crippen molar-refractivity contribution >= 4 is 17.3 Å². The molecule has 5 rings (SSSR count). The Morgan fingerprint density at radius 2 is 1.81 bits per heavy atom. The van der Waals surface area contributed by atoms with Gasteiger partial charge >= 0.3 is 0 Å². The van der Waals surface area contributed by atoms with Crippen molar-refractivity contribution in [1.82, 2.24) is 5.01 Å². The van der Waals surface area contributed by atoms with Crippen molar-refractivity contribution in [3.63, 3.8) is 0 Å². The summed E-state index contributed by atoms with van der Waals surface area (Å²) in [5, 5.41) is 8.04. The normalized spacial score (nSPS) is 25.3. The van der Waals surface area contributed by atoms with Crippen LogP contribution in [0.1, 0.15) is 55.7 Å². The van der Waals surface area contributed by atoms with E-state index in [0.29, 0.717) is 5.92 Å². The van der Waals surface area contributed by atoms with E-state index in [0.717, 1.165) is 22.9 Å². The first kappa shape index (κ1) is 16.2. The van der Waals surface area contributed by atoms with Crippen LogP contribution in [0.4, 0.5) is 0 Å². The van der Waals surface area contributed by atoms with E-state index in [4.69, 9.17) is 21.4 Å². The van der Waals surface area contributed by atoms with Gasteiger partial charge < -0.3 is 4.74 Å². The molecular weight excluding hydrogens is 344 g/mol. The third kappa shape index (κ3) is 2.79. The number of hydrogen-bond donors (Lipinski definition) is 0. The highest BCUT2D eigenvalue weighted by molar-refractivity contribution is 6.30. The van der Waals surface area contributed by atoms with E-state index in [2.05, 4.69) is 41.4 Å². The molecule has 0 N–H and O–H groups in total. The lowest BCUT2D eigenvalue weighted by molar-refractivity contribution is -0.0643. The average Bonchev–Trinajstić information content (AvgIpc) is 3.15. The minimum absolute atomic E-state index is 0.0372. The van der Waals surface area contributed by atoms with Gasteiger partial charge in [0.25, 0.3) is 0 Å². The zero-order valence-electron chi connectivity index (χ0n) is 14.8. The summed E-state index contributed by atoms with van der Waals surface area (Å²) in [5.74, 6) is 1.53. The first-order chi connectivity index (χ1) is 12.8. The molecule has 1 aliphatic carbocycles. The summed E-state index contributed by atoms with van der Waals surface area (Å²) in [5.41, 5.74) is 3.51. The summed E-state index contributed by atoms with van der Waals surface area (Å²) in [6, 6.07) is 16.7. The highest BCUT2D eigenvalue weighted by Crippen LogP contribution is 2.47. The van der Waals surface area contributed by atoms with Gasteiger partial charge in [-0.05, 0) is 36.6 Å². The summed E-state index contributed by atoms with van der Waals surface area (Å²) in [4.78, 5) is 0. The van der Waals surface area contributed by atoms with Gasteiger partial charge in [0.2, 0.25) is 0 Å². The third-order valence-corrected chi connectivity index (χ3v) is 6.18. The Bertz CT molecular complexity index is 829. The lowest BCUT2D eigenvalue weighted by Crippen LogP contribution is -2.45. The average molecular weight is 367 g/mol. The number of halogens is 1. The van der Waals surface area contributed by atoms with Crippen LogP contribution in [0, 0.1) is 5.92 Å². The van der Waals surface area contributed by atoms with E-state index in [9.17, 15) is 0 Å². The van der Waals surface area contributed by atoms with E-state index in [1.807, 2.05) is 12.1 Å². The smallest absolute Gasteiger partial charge is 0.190 e. The van der Waals surface area contributed by atoms with Crippen molar-refractivity contribution in [1.29, 1.82) is 0 Å². The van der Waals surface area contributed by atoms with Crippen LogP contribution in [0.25, 0.3) is 0 Å². The third-order valence-electron chi connectivity index (χ3n) is 5.94. The van der Waals surface area contributed by atoms with Crippen LogP contribution in [0.3, 0.4) is 0 Å². The van der Waals surface area contributed by atoms with E-state index < -0.39 is 0 Å². The topological polar surface area (TPSA) is 24.8 Å². The van der Waals surface area contributed by atoms with Crippen molar-refractivity contribution in [3.8, 4) is 5.75 Å². The molecule has 2 aromatic rings. The van der Waals surface area contributed by atoms with Gasteiger partial charge in [-0.15, -0.1) is 0 Å². The summed E-state index contributed by atoms with van der Waals surface area (Å²) < 4.78 is 6.48. The number of hydrazone groups is 1. The Morgan fingerprint density at radius 3 is 2.62 bits per heavy atom. The molecule has 0 aromatic heterocycles. The zero-order chi connectivity index (χ0) is 17.5. The highest BCUT2D eigenvalue weighted by Gasteiger charge is 2.43. The highest BCUT2D eigenvalue weighted by atomic mass is 35.5. The number of fused-ring (bicyclic) bond motifs is 3. The van der Waals surface area contributed by atoms with Crippen molar-refractivity contribution in [2.75, 3.05) is 0 Å². The van der Waals surface area contributed by atoms with Crippen LogP contribution in [0.5, 0.6) is 5.75 Å². The van der Waals surface area contributed by atoms with Gasteiger partial charge in [0.15, 0.2) is 6.23 Å². The van der Waals surface area contributed by atoms with Crippen molar-refractivity contribution in [3.05, 3.63) is 64.7 Å². The minimum Gasteiger partial charge on any atom is -0.468 e. The maximum Gasteiger partial charge on any atom is 0.190 e. The van der Waals surface area contributed by atoms with Crippen LogP contribution in [-0.2, 0) is 0 Å². The molecule has 0 saturated heterocycles. The molecule has 0 unspecified atom stereocenters. The molecule has 2 aliphatic heterocycles. The van der Waals surface area contributed by atoms with E-state index >= 15 is 0 Å². The molecule has 134 valence electrons. The SMILES string of the molecule is Clc1ccc2c(c1)[C@@H]1CC(c3ccccc3)=NN1[C@@H](C1CCCCC1)O2. The molecule has 1 saturated carbocycles. The molecule has 2 heterocycles. The quantitative estimate of drug-likeness (QED) is 0.672. The summed E-state index contributed by atoms with van der Waals surface area (Å²) >= 11 is 6.29. The number of hydrogen-bond acceptors (Lipinski definition) is 3. The first-order valence-electron chi connectivity index (χ1n) is 9.67. The predicted molar refractivity (Wildman–Crippen MR) is 105 cm³/mol. The van der Waals surface area contributed by atoms with Gasteiger partial charge in [0.05, 0.1) is 11.8 Å². The number of rotatable bonds is 2. The molecule has 0 spiro atoms. The second-order valence-corrected chi connectivity index (χ2v) is 8.04. The van der Waals surface area contributed by atoms with E-state index in [-0.39, 0.29) is 12.3 Å².